The minimum atomic E-state index is -4.37. The molecule has 1 aromatic rings. The van der Waals surface area contributed by atoms with Crippen molar-refractivity contribution in [1.82, 2.24) is 4.31 Å². The molecule has 0 saturated heterocycles. The van der Waals surface area contributed by atoms with E-state index in [2.05, 4.69) is 6.58 Å². The van der Waals surface area contributed by atoms with Crippen molar-refractivity contribution in [2.45, 2.75) is 44.1 Å². The lowest BCUT2D eigenvalue weighted by atomic mass is 9.99. The fourth-order valence-electron chi connectivity index (χ4n) is 2.10. The molecule has 0 radical (unpaired) electrons. The highest BCUT2D eigenvalue weighted by atomic mass is 32.2. The molecule has 0 saturated carbocycles. The zero-order valence-corrected chi connectivity index (χ0v) is 15.0. The molecule has 1 rings (SSSR count). The van der Waals surface area contributed by atoms with Crippen molar-refractivity contribution in [3.05, 3.63) is 43.0 Å². The minimum absolute atomic E-state index is 0.0563. The second-order valence-electron chi connectivity index (χ2n) is 5.72. The Morgan fingerprint density at radius 3 is 2.62 bits per heavy atom. The van der Waals surface area contributed by atoms with Gasteiger partial charge in [0.15, 0.2) is 0 Å². The first-order valence-corrected chi connectivity index (χ1v) is 9.32. The summed E-state index contributed by atoms with van der Waals surface area (Å²) in [6, 6.07) is 7.14. The summed E-state index contributed by atoms with van der Waals surface area (Å²) in [6.07, 6.45) is 3.92. The average molecular weight is 357 g/mol. The molecular formula is C18H27NO4S. The number of likely N-dealkylation sites (N-methyl/N-ethyl adjacent to an activating group) is 1. The number of carbonyl (C=O) groups excluding carboxylic acids is 1. The fraction of sp³-hybridized carbons (Fsp3) is 0.500. The summed E-state index contributed by atoms with van der Waals surface area (Å²) in [4.78, 5) is 12.0. The number of hydrogen-bond acceptors (Lipinski definition) is 4. The van der Waals surface area contributed by atoms with Crippen molar-refractivity contribution in [2.75, 3.05) is 13.5 Å². The molecule has 0 fully saturated rings. The number of ether oxygens (including phenoxy) is 1. The van der Waals surface area contributed by atoms with Crippen LogP contribution in [0.15, 0.2) is 47.9 Å². The van der Waals surface area contributed by atoms with Crippen molar-refractivity contribution in [2.24, 2.45) is 5.92 Å². The van der Waals surface area contributed by atoms with Gasteiger partial charge in [-0.05, 0) is 44.2 Å². The third-order valence-electron chi connectivity index (χ3n) is 3.79. The molecule has 0 amide bonds. The lowest BCUT2D eigenvalue weighted by Gasteiger charge is -2.22. The first-order valence-electron chi connectivity index (χ1n) is 9.38. The van der Waals surface area contributed by atoms with E-state index in [4.69, 9.17) is 8.85 Å². The molecule has 0 bridgehead atoms. The smallest absolute Gasteiger partial charge is 0.321 e. The number of hydrogen-bond donors (Lipinski definition) is 0. The summed E-state index contributed by atoms with van der Waals surface area (Å²) in [7, 11) is -4.37. The van der Waals surface area contributed by atoms with Crippen LogP contribution in [0.4, 0.5) is 0 Å². The highest BCUT2D eigenvalue weighted by Crippen LogP contribution is 2.17. The van der Waals surface area contributed by atoms with Gasteiger partial charge in [-0.3, -0.25) is 4.79 Å². The van der Waals surface area contributed by atoms with Gasteiger partial charge in [0.25, 0.3) is 0 Å². The van der Waals surface area contributed by atoms with E-state index in [0.717, 1.165) is 19.3 Å². The lowest BCUT2D eigenvalue weighted by molar-refractivity contribution is -0.150. The number of carbonyl (C=O) groups is 1. The van der Waals surface area contributed by atoms with E-state index in [0.29, 0.717) is 0 Å². The topological polar surface area (TPSA) is 63.7 Å². The molecule has 0 heterocycles. The van der Waals surface area contributed by atoms with Gasteiger partial charge in [0, 0.05) is 11.1 Å². The first kappa shape index (κ1) is 15.8. The SMILES string of the molecule is [2H]C([2H])([2H])N(CC(=O)O[C@@H](C)[C@H](C)CCCC=C)S(=O)(=O)c1ccccc1. The molecule has 0 N–H and O–H groups in total. The number of benzene rings is 1. The molecule has 0 aromatic heterocycles. The van der Waals surface area contributed by atoms with Crippen LogP contribution in [0.2, 0.25) is 0 Å². The zero-order chi connectivity index (χ0) is 20.7. The molecule has 5 nitrogen and oxygen atoms in total. The van der Waals surface area contributed by atoms with Crippen LogP contribution >= 0.6 is 0 Å². The van der Waals surface area contributed by atoms with Gasteiger partial charge in [-0.2, -0.15) is 4.31 Å². The maximum atomic E-state index is 12.7. The number of allylic oxidation sites excluding steroid dienone is 1. The molecule has 134 valence electrons. The molecule has 0 spiro atoms. The first-order chi connectivity index (χ1) is 12.5. The summed E-state index contributed by atoms with van der Waals surface area (Å²) >= 11 is 0. The second-order valence-corrected chi connectivity index (χ2v) is 7.58. The maximum absolute atomic E-state index is 12.7. The largest absolute Gasteiger partial charge is 0.461 e. The number of esters is 1. The predicted octanol–water partition coefficient (Wildman–Crippen LogP) is 3.23. The summed E-state index contributed by atoms with van der Waals surface area (Å²) in [6.45, 7) is 3.40. The Morgan fingerprint density at radius 2 is 2.04 bits per heavy atom. The zero-order valence-electron chi connectivity index (χ0n) is 17.1. The van der Waals surface area contributed by atoms with Gasteiger partial charge < -0.3 is 4.74 Å². The quantitative estimate of drug-likeness (QED) is 0.367. The molecule has 0 unspecified atom stereocenters. The Bertz CT molecular complexity index is 720. The van der Waals surface area contributed by atoms with Crippen LogP contribution in [0, 0.1) is 5.92 Å². The van der Waals surface area contributed by atoms with Crippen LogP contribution in [-0.2, 0) is 19.6 Å². The van der Waals surface area contributed by atoms with Crippen molar-refractivity contribution < 1.29 is 22.1 Å². The predicted molar refractivity (Wildman–Crippen MR) is 95.0 cm³/mol. The Morgan fingerprint density at radius 1 is 1.38 bits per heavy atom. The highest BCUT2D eigenvalue weighted by molar-refractivity contribution is 7.89. The fourth-order valence-corrected chi connectivity index (χ4v) is 3.13. The van der Waals surface area contributed by atoms with E-state index in [1.54, 1.807) is 13.0 Å². The molecule has 0 aliphatic rings. The summed E-state index contributed by atoms with van der Waals surface area (Å²) in [5.41, 5.74) is 0. The third kappa shape index (κ3) is 6.09. The Kier molecular flexibility index (Phi) is 6.33. The van der Waals surface area contributed by atoms with Crippen LogP contribution in [0.3, 0.4) is 0 Å². The van der Waals surface area contributed by atoms with E-state index in [9.17, 15) is 13.2 Å². The van der Waals surface area contributed by atoms with Crippen LogP contribution in [0.1, 0.15) is 37.2 Å². The molecule has 24 heavy (non-hydrogen) atoms. The third-order valence-corrected chi connectivity index (χ3v) is 5.37. The van der Waals surface area contributed by atoms with E-state index in [-0.39, 0.29) is 15.1 Å². The van der Waals surface area contributed by atoms with Crippen LogP contribution < -0.4 is 0 Å². The van der Waals surface area contributed by atoms with Gasteiger partial charge in [0.1, 0.15) is 12.6 Å². The van der Waals surface area contributed by atoms with E-state index in [1.165, 1.54) is 24.3 Å². The van der Waals surface area contributed by atoms with Crippen LogP contribution in [-0.4, -0.2) is 38.3 Å². The van der Waals surface area contributed by atoms with Gasteiger partial charge >= 0.3 is 5.97 Å². The van der Waals surface area contributed by atoms with Crippen molar-refractivity contribution in [1.29, 1.82) is 0 Å². The lowest BCUT2D eigenvalue weighted by Crippen LogP contribution is -2.35. The van der Waals surface area contributed by atoms with E-state index in [1.807, 2.05) is 13.0 Å². The van der Waals surface area contributed by atoms with Crippen molar-refractivity contribution >= 4 is 16.0 Å². The van der Waals surface area contributed by atoms with Crippen LogP contribution in [0.5, 0.6) is 0 Å². The standard InChI is InChI=1S/C18H27NO4S/c1-5-6-8-11-15(2)16(3)23-18(20)14-19(4)24(21,22)17-12-9-7-10-13-17/h5,7,9-10,12-13,15-16H,1,6,8,11,14H2,2-4H3/t15-,16+/m1/s1/i4D3. The van der Waals surface area contributed by atoms with Gasteiger partial charge in [-0.1, -0.05) is 31.2 Å². The monoisotopic (exact) mass is 356 g/mol. The summed E-state index contributed by atoms with van der Waals surface area (Å²) < 4.78 is 53.4. The number of sulfonamides is 1. The van der Waals surface area contributed by atoms with E-state index < -0.39 is 35.6 Å². The van der Waals surface area contributed by atoms with Gasteiger partial charge in [-0.15, -0.1) is 6.58 Å². The summed E-state index contributed by atoms with van der Waals surface area (Å²) in [5, 5.41) is 0. The Hall–Kier alpha value is -1.66. The normalized spacial score (nSPS) is 16.5. The highest BCUT2D eigenvalue weighted by Gasteiger charge is 2.25. The second kappa shape index (κ2) is 9.59. The number of nitrogens with zero attached hydrogens (tertiary/aromatic N) is 1. The molecule has 0 aliphatic heterocycles. The maximum Gasteiger partial charge on any atom is 0.321 e. The molecule has 1 aromatic carbocycles. The molecule has 2 atom stereocenters. The van der Waals surface area contributed by atoms with E-state index >= 15 is 0 Å². The Balaban J connectivity index is 2.86. The molecule has 6 heteroatoms. The van der Waals surface area contributed by atoms with Gasteiger partial charge in [0.05, 0.1) is 4.90 Å². The van der Waals surface area contributed by atoms with Gasteiger partial charge in [-0.25, -0.2) is 8.42 Å². The Labute approximate surface area is 149 Å². The minimum Gasteiger partial charge on any atom is -0.461 e. The van der Waals surface area contributed by atoms with Crippen molar-refractivity contribution in [3.8, 4) is 0 Å². The molecular weight excluding hydrogens is 326 g/mol. The summed E-state index contributed by atoms with van der Waals surface area (Å²) in [5.74, 6) is -0.838. The van der Waals surface area contributed by atoms with Gasteiger partial charge in [0.2, 0.25) is 10.0 Å². The molecule has 0 aliphatic carbocycles. The van der Waals surface area contributed by atoms with Crippen molar-refractivity contribution in [3.63, 3.8) is 0 Å². The number of unbranched alkanes of at least 4 members (excludes halogenated alkanes) is 1. The van der Waals surface area contributed by atoms with Crippen LogP contribution in [0.25, 0.3) is 0 Å². The number of rotatable bonds is 10. The average Bonchev–Trinajstić information content (AvgIpc) is 2.59.